The summed E-state index contributed by atoms with van der Waals surface area (Å²) in [6.45, 7) is 11.4. The Labute approximate surface area is 116 Å². The smallest absolute Gasteiger partial charge is 0.307 e. The number of carbonyl (C=O) groups is 1. The highest BCUT2D eigenvalue weighted by Gasteiger charge is 2.10. The van der Waals surface area contributed by atoms with Crippen molar-refractivity contribution in [1.29, 1.82) is 0 Å². The molecule has 19 heavy (non-hydrogen) atoms. The van der Waals surface area contributed by atoms with Crippen LogP contribution in [0, 0.1) is 20.8 Å². The van der Waals surface area contributed by atoms with Gasteiger partial charge in [-0.05, 0) is 56.9 Å². The fourth-order valence-corrected chi connectivity index (χ4v) is 2.18. The highest BCUT2D eigenvalue weighted by Crippen LogP contribution is 2.21. The monoisotopic (exact) mass is 263 g/mol. The number of aryl methyl sites for hydroxylation is 3. The lowest BCUT2D eigenvalue weighted by Gasteiger charge is -2.18. The lowest BCUT2D eigenvalue weighted by molar-refractivity contribution is -0.143. The largest absolute Gasteiger partial charge is 0.466 e. The third-order valence-corrected chi connectivity index (χ3v) is 3.43. The van der Waals surface area contributed by atoms with Crippen molar-refractivity contribution >= 4 is 5.97 Å². The lowest BCUT2D eigenvalue weighted by atomic mass is 9.96. The van der Waals surface area contributed by atoms with Gasteiger partial charge in [0, 0.05) is 12.6 Å². The fraction of sp³-hybridized carbons (Fsp3) is 0.562. The zero-order valence-corrected chi connectivity index (χ0v) is 12.7. The van der Waals surface area contributed by atoms with Crippen molar-refractivity contribution in [3.63, 3.8) is 0 Å². The SMILES string of the molecule is CCOC(=O)CCNC(C)c1cc(C)c(C)cc1C. The van der Waals surface area contributed by atoms with Gasteiger partial charge in [0.1, 0.15) is 0 Å². The third kappa shape index (κ3) is 4.67. The van der Waals surface area contributed by atoms with Gasteiger partial charge in [-0.2, -0.15) is 0 Å². The molecule has 1 aromatic rings. The van der Waals surface area contributed by atoms with Crippen molar-refractivity contribution in [2.24, 2.45) is 0 Å². The van der Waals surface area contributed by atoms with Crippen molar-refractivity contribution in [3.05, 3.63) is 34.4 Å². The van der Waals surface area contributed by atoms with E-state index in [2.05, 4.69) is 45.1 Å². The summed E-state index contributed by atoms with van der Waals surface area (Å²) in [6, 6.07) is 4.69. The summed E-state index contributed by atoms with van der Waals surface area (Å²) in [7, 11) is 0. The van der Waals surface area contributed by atoms with E-state index in [1.807, 2.05) is 6.92 Å². The Kier molecular flexibility index (Phi) is 6.03. The minimum Gasteiger partial charge on any atom is -0.466 e. The number of ether oxygens (including phenoxy) is 1. The van der Waals surface area contributed by atoms with E-state index >= 15 is 0 Å². The molecule has 0 aliphatic carbocycles. The van der Waals surface area contributed by atoms with Crippen LogP contribution in [0.1, 0.15) is 48.6 Å². The van der Waals surface area contributed by atoms with Gasteiger partial charge in [-0.1, -0.05) is 12.1 Å². The highest BCUT2D eigenvalue weighted by atomic mass is 16.5. The number of carbonyl (C=O) groups excluding carboxylic acids is 1. The van der Waals surface area contributed by atoms with E-state index in [0.29, 0.717) is 19.6 Å². The number of nitrogens with one attached hydrogen (secondary N) is 1. The van der Waals surface area contributed by atoms with Gasteiger partial charge in [-0.25, -0.2) is 0 Å². The average Bonchev–Trinajstić information content (AvgIpc) is 2.34. The van der Waals surface area contributed by atoms with Gasteiger partial charge in [0.2, 0.25) is 0 Å². The Balaban J connectivity index is 2.56. The molecule has 0 amide bonds. The zero-order valence-electron chi connectivity index (χ0n) is 12.7. The van der Waals surface area contributed by atoms with Crippen molar-refractivity contribution < 1.29 is 9.53 Å². The summed E-state index contributed by atoms with van der Waals surface area (Å²) in [4.78, 5) is 11.3. The number of rotatable bonds is 6. The lowest BCUT2D eigenvalue weighted by Crippen LogP contribution is -2.23. The Morgan fingerprint density at radius 2 is 1.84 bits per heavy atom. The van der Waals surface area contributed by atoms with E-state index in [1.54, 1.807) is 0 Å². The van der Waals surface area contributed by atoms with Gasteiger partial charge >= 0.3 is 5.97 Å². The highest BCUT2D eigenvalue weighted by molar-refractivity contribution is 5.69. The summed E-state index contributed by atoms with van der Waals surface area (Å²) in [5.41, 5.74) is 5.21. The first-order chi connectivity index (χ1) is 8.95. The predicted octanol–water partition coefficient (Wildman–Crippen LogP) is 3.22. The molecule has 1 N–H and O–H groups in total. The molecule has 0 saturated heterocycles. The van der Waals surface area contributed by atoms with E-state index in [0.717, 1.165) is 0 Å². The third-order valence-electron chi connectivity index (χ3n) is 3.43. The minimum atomic E-state index is -0.140. The van der Waals surface area contributed by atoms with Gasteiger partial charge in [0.05, 0.1) is 13.0 Å². The summed E-state index contributed by atoms with van der Waals surface area (Å²) in [5, 5.41) is 3.37. The van der Waals surface area contributed by atoms with Crippen LogP contribution in [0.3, 0.4) is 0 Å². The second-order valence-corrected chi connectivity index (χ2v) is 5.02. The quantitative estimate of drug-likeness (QED) is 0.801. The predicted molar refractivity (Wildman–Crippen MR) is 78.3 cm³/mol. The van der Waals surface area contributed by atoms with Crippen LogP contribution in [0.2, 0.25) is 0 Å². The first-order valence-corrected chi connectivity index (χ1v) is 6.92. The molecule has 0 fully saturated rings. The maximum atomic E-state index is 11.3. The van der Waals surface area contributed by atoms with Crippen molar-refractivity contribution in [2.75, 3.05) is 13.2 Å². The number of esters is 1. The average molecular weight is 263 g/mol. The van der Waals surface area contributed by atoms with Crippen molar-refractivity contribution in [3.8, 4) is 0 Å². The molecule has 0 heterocycles. The van der Waals surface area contributed by atoms with Gasteiger partial charge in [0.25, 0.3) is 0 Å². The molecule has 0 saturated carbocycles. The zero-order chi connectivity index (χ0) is 14.4. The number of benzene rings is 1. The molecule has 1 aromatic carbocycles. The second kappa shape index (κ2) is 7.29. The molecule has 1 atom stereocenters. The van der Waals surface area contributed by atoms with Crippen LogP contribution in [-0.4, -0.2) is 19.1 Å². The number of hydrogen-bond acceptors (Lipinski definition) is 3. The Hall–Kier alpha value is -1.35. The Morgan fingerprint density at radius 1 is 1.21 bits per heavy atom. The molecular formula is C16H25NO2. The summed E-state index contributed by atoms with van der Waals surface area (Å²) in [5.74, 6) is -0.140. The molecule has 0 aliphatic rings. The normalized spacial score (nSPS) is 12.3. The molecular weight excluding hydrogens is 238 g/mol. The molecule has 0 aliphatic heterocycles. The molecule has 0 bridgehead atoms. The summed E-state index contributed by atoms with van der Waals surface area (Å²) >= 11 is 0. The molecule has 3 nitrogen and oxygen atoms in total. The van der Waals surface area contributed by atoms with Crippen LogP contribution < -0.4 is 5.32 Å². The van der Waals surface area contributed by atoms with E-state index in [1.165, 1.54) is 22.3 Å². The molecule has 106 valence electrons. The van der Waals surface area contributed by atoms with Gasteiger partial charge in [-0.3, -0.25) is 4.79 Å². The van der Waals surface area contributed by atoms with Crippen LogP contribution in [0.4, 0.5) is 0 Å². The van der Waals surface area contributed by atoms with Crippen molar-refractivity contribution in [2.45, 2.75) is 47.1 Å². The topological polar surface area (TPSA) is 38.3 Å². The Morgan fingerprint density at radius 3 is 2.47 bits per heavy atom. The summed E-state index contributed by atoms with van der Waals surface area (Å²) < 4.78 is 4.91. The van der Waals surface area contributed by atoms with E-state index in [-0.39, 0.29) is 12.0 Å². The minimum absolute atomic E-state index is 0.140. The standard InChI is InChI=1S/C16H25NO2/c1-6-19-16(18)7-8-17-14(5)15-10-12(3)11(2)9-13(15)4/h9-10,14,17H,6-8H2,1-5H3. The number of hydrogen-bond donors (Lipinski definition) is 1. The molecule has 1 rings (SSSR count). The molecule has 1 unspecified atom stereocenters. The maximum Gasteiger partial charge on any atom is 0.307 e. The van der Waals surface area contributed by atoms with Crippen LogP contribution in [-0.2, 0) is 9.53 Å². The van der Waals surface area contributed by atoms with Gasteiger partial charge in [-0.15, -0.1) is 0 Å². The maximum absolute atomic E-state index is 11.3. The van der Waals surface area contributed by atoms with E-state index in [9.17, 15) is 4.79 Å². The first-order valence-electron chi connectivity index (χ1n) is 6.92. The van der Waals surface area contributed by atoms with Crippen LogP contribution in [0.25, 0.3) is 0 Å². The van der Waals surface area contributed by atoms with Gasteiger partial charge in [0.15, 0.2) is 0 Å². The van der Waals surface area contributed by atoms with Crippen LogP contribution in [0.15, 0.2) is 12.1 Å². The first kappa shape index (κ1) is 15.7. The van der Waals surface area contributed by atoms with Crippen LogP contribution in [0.5, 0.6) is 0 Å². The van der Waals surface area contributed by atoms with Crippen molar-refractivity contribution in [1.82, 2.24) is 5.32 Å². The second-order valence-electron chi connectivity index (χ2n) is 5.02. The molecule has 3 heteroatoms. The van der Waals surface area contributed by atoms with Crippen LogP contribution >= 0.6 is 0 Å². The van der Waals surface area contributed by atoms with E-state index < -0.39 is 0 Å². The molecule has 0 aromatic heterocycles. The molecule has 0 radical (unpaired) electrons. The van der Waals surface area contributed by atoms with Gasteiger partial charge < -0.3 is 10.1 Å². The summed E-state index contributed by atoms with van der Waals surface area (Å²) in [6.07, 6.45) is 0.419. The molecule has 0 spiro atoms. The Bertz CT molecular complexity index is 441. The van der Waals surface area contributed by atoms with E-state index in [4.69, 9.17) is 4.74 Å². The fourth-order valence-electron chi connectivity index (χ4n) is 2.18.